The SMILES string of the molecule is CC1CCN(C(CN)CCNC(=O)OC(C)(C)C)C1. The van der Waals surface area contributed by atoms with Gasteiger partial charge in [0.25, 0.3) is 0 Å². The molecule has 0 bridgehead atoms. The molecule has 0 aliphatic carbocycles. The Balaban J connectivity index is 2.25. The standard InChI is InChI=1S/C14H29N3O2/c1-11-6-8-17(10-11)12(9-15)5-7-16-13(18)19-14(2,3)4/h11-12H,5-10,15H2,1-4H3,(H,16,18). The van der Waals surface area contributed by atoms with Crippen LogP contribution in [0.2, 0.25) is 0 Å². The molecule has 0 aromatic rings. The van der Waals surface area contributed by atoms with Gasteiger partial charge in [-0.1, -0.05) is 6.92 Å². The van der Waals surface area contributed by atoms with Crippen LogP contribution in [0.15, 0.2) is 0 Å². The molecule has 0 saturated carbocycles. The molecule has 1 rings (SSSR count). The first-order valence-electron chi connectivity index (χ1n) is 7.23. The average Bonchev–Trinajstić information content (AvgIpc) is 2.68. The Labute approximate surface area is 116 Å². The van der Waals surface area contributed by atoms with Crippen LogP contribution in [-0.4, -0.2) is 48.8 Å². The Morgan fingerprint density at radius 3 is 2.68 bits per heavy atom. The molecule has 1 aliphatic rings. The molecule has 3 N–H and O–H groups in total. The molecule has 1 aliphatic heterocycles. The number of nitrogens with two attached hydrogens (primary N) is 1. The summed E-state index contributed by atoms with van der Waals surface area (Å²) in [5.74, 6) is 0.757. The first-order valence-corrected chi connectivity index (χ1v) is 7.23. The number of nitrogens with zero attached hydrogens (tertiary/aromatic N) is 1. The summed E-state index contributed by atoms with van der Waals surface area (Å²) >= 11 is 0. The summed E-state index contributed by atoms with van der Waals surface area (Å²) in [6.45, 7) is 11.4. The van der Waals surface area contributed by atoms with Crippen molar-refractivity contribution in [3.05, 3.63) is 0 Å². The summed E-state index contributed by atoms with van der Waals surface area (Å²) in [5.41, 5.74) is 5.39. The third-order valence-corrected chi connectivity index (χ3v) is 3.39. The van der Waals surface area contributed by atoms with Crippen molar-refractivity contribution in [1.82, 2.24) is 10.2 Å². The number of nitrogens with one attached hydrogen (secondary N) is 1. The minimum absolute atomic E-state index is 0.349. The lowest BCUT2D eigenvalue weighted by Crippen LogP contribution is -2.42. The monoisotopic (exact) mass is 271 g/mol. The first kappa shape index (κ1) is 16.2. The van der Waals surface area contributed by atoms with E-state index in [4.69, 9.17) is 10.5 Å². The van der Waals surface area contributed by atoms with Crippen LogP contribution in [0, 0.1) is 5.92 Å². The van der Waals surface area contributed by atoms with E-state index in [-0.39, 0.29) is 6.09 Å². The molecule has 1 saturated heterocycles. The van der Waals surface area contributed by atoms with E-state index >= 15 is 0 Å². The number of carbonyl (C=O) groups excluding carboxylic acids is 1. The lowest BCUT2D eigenvalue weighted by Gasteiger charge is -2.27. The summed E-state index contributed by atoms with van der Waals surface area (Å²) in [6.07, 6.45) is 1.77. The second-order valence-electron chi connectivity index (χ2n) is 6.50. The van der Waals surface area contributed by atoms with Crippen LogP contribution in [0.4, 0.5) is 4.79 Å². The Morgan fingerprint density at radius 1 is 1.53 bits per heavy atom. The quantitative estimate of drug-likeness (QED) is 0.796. The van der Waals surface area contributed by atoms with Gasteiger partial charge in [0.15, 0.2) is 0 Å². The number of hydrogen-bond donors (Lipinski definition) is 2. The van der Waals surface area contributed by atoms with Crippen LogP contribution in [0.25, 0.3) is 0 Å². The number of hydrogen-bond acceptors (Lipinski definition) is 4. The van der Waals surface area contributed by atoms with Crippen LogP contribution in [0.3, 0.4) is 0 Å². The van der Waals surface area contributed by atoms with E-state index in [0.29, 0.717) is 19.1 Å². The van der Waals surface area contributed by atoms with Gasteiger partial charge in [-0.25, -0.2) is 4.79 Å². The number of amides is 1. The predicted molar refractivity (Wildman–Crippen MR) is 77.1 cm³/mol. The van der Waals surface area contributed by atoms with Gasteiger partial charge in [-0.3, -0.25) is 4.90 Å². The average molecular weight is 271 g/mol. The van der Waals surface area contributed by atoms with E-state index < -0.39 is 5.60 Å². The maximum absolute atomic E-state index is 11.5. The van der Waals surface area contributed by atoms with E-state index in [2.05, 4.69) is 17.1 Å². The van der Waals surface area contributed by atoms with Crippen molar-refractivity contribution >= 4 is 6.09 Å². The highest BCUT2D eigenvalue weighted by Gasteiger charge is 2.25. The van der Waals surface area contributed by atoms with Gasteiger partial charge in [0.1, 0.15) is 5.60 Å². The normalized spacial score (nSPS) is 22.3. The van der Waals surface area contributed by atoms with Crippen molar-refractivity contribution in [1.29, 1.82) is 0 Å². The fourth-order valence-electron chi connectivity index (χ4n) is 2.41. The molecule has 0 aromatic heterocycles. The summed E-state index contributed by atoms with van der Waals surface area (Å²) in [6, 6.07) is 0.361. The predicted octanol–water partition coefficient (Wildman–Crippen LogP) is 1.57. The summed E-state index contributed by atoms with van der Waals surface area (Å²) in [4.78, 5) is 14.0. The lowest BCUT2D eigenvalue weighted by molar-refractivity contribution is 0.0523. The number of ether oxygens (including phenoxy) is 1. The fourth-order valence-corrected chi connectivity index (χ4v) is 2.41. The van der Waals surface area contributed by atoms with Crippen molar-refractivity contribution < 1.29 is 9.53 Å². The summed E-state index contributed by atoms with van der Waals surface area (Å²) < 4.78 is 5.20. The van der Waals surface area contributed by atoms with Crippen molar-refractivity contribution in [2.45, 2.75) is 52.2 Å². The number of alkyl carbamates (subject to hydrolysis) is 1. The second-order valence-corrected chi connectivity index (χ2v) is 6.50. The van der Waals surface area contributed by atoms with Gasteiger partial charge in [-0.2, -0.15) is 0 Å². The van der Waals surface area contributed by atoms with Crippen molar-refractivity contribution in [2.24, 2.45) is 11.7 Å². The molecule has 5 heteroatoms. The Kier molecular flexibility index (Phi) is 6.07. The van der Waals surface area contributed by atoms with Gasteiger partial charge in [-0.15, -0.1) is 0 Å². The van der Waals surface area contributed by atoms with Crippen LogP contribution < -0.4 is 11.1 Å². The van der Waals surface area contributed by atoms with E-state index in [0.717, 1.165) is 25.4 Å². The Morgan fingerprint density at radius 2 is 2.21 bits per heavy atom. The zero-order chi connectivity index (χ0) is 14.5. The molecule has 1 heterocycles. The first-order chi connectivity index (χ1) is 8.81. The molecule has 0 spiro atoms. The zero-order valence-electron chi connectivity index (χ0n) is 12.7. The summed E-state index contributed by atoms with van der Waals surface area (Å²) in [5, 5.41) is 2.80. The minimum Gasteiger partial charge on any atom is -0.444 e. The number of carbonyl (C=O) groups is 1. The molecule has 1 amide bonds. The van der Waals surface area contributed by atoms with Gasteiger partial charge in [-0.05, 0) is 46.1 Å². The van der Waals surface area contributed by atoms with Crippen LogP contribution in [0.5, 0.6) is 0 Å². The molecular formula is C14H29N3O2. The lowest BCUT2D eigenvalue weighted by atomic mass is 10.1. The van der Waals surface area contributed by atoms with E-state index in [1.54, 1.807) is 0 Å². The largest absolute Gasteiger partial charge is 0.444 e. The van der Waals surface area contributed by atoms with Crippen LogP contribution in [0.1, 0.15) is 40.5 Å². The second kappa shape index (κ2) is 7.10. The maximum Gasteiger partial charge on any atom is 0.407 e. The molecule has 19 heavy (non-hydrogen) atoms. The van der Waals surface area contributed by atoms with E-state index in [1.165, 1.54) is 6.42 Å². The molecule has 5 nitrogen and oxygen atoms in total. The minimum atomic E-state index is -0.443. The van der Waals surface area contributed by atoms with Gasteiger partial charge in [0, 0.05) is 25.7 Å². The highest BCUT2D eigenvalue weighted by Crippen LogP contribution is 2.18. The molecule has 112 valence electrons. The zero-order valence-corrected chi connectivity index (χ0v) is 12.7. The molecule has 2 atom stereocenters. The van der Waals surface area contributed by atoms with Crippen LogP contribution >= 0.6 is 0 Å². The van der Waals surface area contributed by atoms with Gasteiger partial charge >= 0.3 is 6.09 Å². The Bertz CT molecular complexity index is 289. The fraction of sp³-hybridized carbons (Fsp3) is 0.929. The highest BCUT2D eigenvalue weighted by atomic mass is 16.6. The van der Waals surface area contributed by atoms with Gasteiger partial charge in [0.2, 0.25) is 0 Å². The third kappa shape index (κ3) is 6.25. The Hall–Kier alpha value is -0.810. The van der Waals surface area contributed by atoms with Gasteiger partial charge in [0.05, 0.1) is 0 Å². The van der Waals surface area contributed by atoms with E-state index in [9.17, 15) is 4.79 Å². The molecule has 2 unspecified atom stereocenters. The van der Waals surface area contributed by atoms with Crippen molar-refractivity contribution in [3.63, 3.8) is 0 Å². The number of likely N-dealkylation sites (tertiary alicyclic amines) is 1. The van der Waals surface area contributed by atoms with Crippen molar-refractivity contribution in [3.8, 4) is 0 Å². The summed E-state index contributed by atoms with van der Waals surface area (Å²) in [7, 11) is 0. The maximum atomic E-state index is 11.5. The van der Waals surface area contributed by atoms with E-state index in [1.807, 2.05) is 20.8 Å². The number of rotatable bonds is 5. The molecule has 0 radical (unpaired) electrons. The van der Waals surface area contributed by atoms with Gasteiger partial charge < -0.3 is 15.8 Å². The third-order valence-electron chi connectivity index (χ3n) is 3.39. The molecular weight excluding hydrogens is 242 g/mol. The van der Waals surface area contributed by atoms with Crippen LogP contribution in [-0.2, 0) is 4.74 Å². The molecule has 1 fully saturated rings. The topological polar surface area (TPSA) is 67.6 Å². The highest BCUT2D eigenvalue weighted by molar-refractivity contribution is 5.67. The smallest absolute Gasteiger partial charge is 0.407 e. The molecule has 0 aromatic carbocycles. The van der Waals surface area contributed by atoms with Crippen molar-refractivity contribution in [2.75, 3.05) is 26.2 Å².